The first kappa shape index (κ1) is 27.6. The third-order valence-corrected chi connectivity index (χ3v) is 8.44. The molecule has 2 fully saturated rings. The Bertz CT molecular complexity index is 1590. The Morgan fingerprint density at radius 3 is 2.61 bits per heavy atom. The van der Waals surface area contributed by atoms with Crippen molar-refractivity contribution in [1.82, 2.24) is 24.3 Å². The lowest BCUT2D eigenvalue weighted by atomic mass is 9.83. The third kappa shape index (κ3) is 5.78. The number of hydrogen-bond donors (Lipinski definition) is 1. The van der Waals surface area contributed by atoms with Crippen molar-refractivity contribution in [2.24, 2.45) is 13.0 Å². The summed E-state index contributed by atoms with van der Waals surface area (Å²) in [6.45, 7) is 7.91. The van der Waals surface area contributed by atoms with E-state index in [4.69, 9.17) is 14.7 Å². The quantitative estimate of drug-likeness (QED) is 0.367. The van der Waals surface area contributed by atoms with E-state index in [1.54, 1.807) is 36.3 Å². The molecule has 4 heterocycles. The number of fused-ring (bicyclic) bond motifs is 1. The van der Waals surface area contributed by atoms with Gasteiger partial charge in [-0.15, -0.1) is 0 Å². The molecule has 216 valence electrons. The van der Waals surface area contributed by atoms with Crippen molar-refractivity contribution < 1.29 is 9.84 Å². The van der Waals surface area contributed by atoms with Crippen LogP contribution >= 0.6 is 0 Å². The highest BCUT2D eigenvalue weighted by molar-refractivity contribution is 5.94. The first-order valence-electron chi connectivity index (χ1n) is 14.8. The van der Waals surface area contributed by atoms with Crippen LogP contribution in [0, 0.1) is 12.8 Å². The maximum absolute atomic E-state index is 12.4. The van der Waals surface area contributed by atoms with Crippen molar-refractivity contribution in [3.05, 3.63) is 58.8 Å². The summed E-state index contributed by atoms with van der Waals surface area (Å²) in [5, 5.41) is 15.8. The van der Waals surface area contributed by atoms with Crippen molar-refractivity contribution in [2.45, 2.75) is 71.1 Å². The highest BCUT2D eigenvalue weighted by Crippen LogP contribution is 2.37. The number of aryl methyl sites for hydroxylation is 2. The van der Waals surface area contributed by atoms with E-state index in [0.717, 1.165) is 40.0 Å². The maximum atomic E-state index is 12.4. The van der Waals surface area contributed by atoms with Crippen LogP contribution in [0.1, 0.15) is 51.5 Å². The van der Waals surface area contributed by atoms with Gasteiger partial charge in [0.05, 0.1) is 48.7 Å². The summed E-state index contributed by atoms with van der Waals surface area (Å²) in [6.07, 6.45) is 11.8. The summed E-state index contributed by atoms with van der Waals surface area (Å²) in [7, 11) is 1.79. The van der Waals surface area contributed by atoms with Gasteiger partial charge in [0.2, 0.25) is 0 Å². The fourth-order valence-corrected chi connectivity index (χ4v) is 6.43. The highest BCUT2D eigenvalue weighted by atomic mass is 16.5. The number of aliphatic hydroxyl groups is 1. The second-order valence-corrected chi connectivity index (χ2v) is 12.4. The fraction of sp³-hybridized carbons (Fsp3) is 0.500. The molecule has 1 N–H and O–H groups in total. The van der Waals surface area contributed by atoms with E-state index >= 15 is 0 Å². The second kappa shape index (κ2) is 11.0. The number of aromatic nitrogens is 5. The van der Waals surface area contributed by atoms with Crippen LogP contribution < -0.4 is 10.5 Å². The first-order valence-corrected chi connectivity index (χ1v) is 14.8. The molecule has 9 heteroatoms. The second-order valence-electron chi connectivity index (χ2n) is 12.4. The van der Waals surface area contributed by atoms with Crippen LogP contribution in [0.5, 0.6) is 0 Å². The molecule has 41 heavy (non-hydrogen) atoms. The van der Waals surface area contributed by atoms with Crippen LogP contribution in [0.25, 0.3) is 33.4 Å². The Morgan fingerprint density at radius 1 is 1.05 bits per heavy atom. The number of morpholine rings is 1. The van der Waals surface area contributed by atoms with E-state index in [9.17, 15) is 9.90 Å². The zero-order valence-electron chi connectivity index (χ0n) is 24.5. The molecule has 0 bridgehead atoms. The van der Waals surface area contributed by atoms with Gasteiger partial charge in [-0.25, -0.2) is 9.97 Å². The third-order valence-electron chi connectivity index (χ3n) is 8.44. The van der Waals surface area contributed by atoms with Crippen LogP contribution in [-0.2, 0) is 18.3 Å². The average molecular weight is 557 g/mol. The lowest BCUT2D eigenvalue weighted by Crippen LogP contribution is -2.50. The van der Waals surface area contributed by atoms with E-state index in [1.165, 1.54) is 32.1 Å². The standard InChI is InChI=1S/C32H40N6O3/c1-21-14-24(17-36(4)31(21)39)23-10-11-27-26(15-23)30(38-12-13-41-19-28(38)22-8-6-5-7-9-22)35-29(34-27)25-16-33-37(18-25)20-32(2,3)40/h10-11,14-18,22,28,40H,5-9,12-13,19-20H2,1-4H3. The molecule has 0 radical (unpaired) electrons. The molecule has 1 aliphatic carbocycles. The van der Waals surface area contributed by atoms with Gasteiger partial charge in [-0.05, 0) is 68.9 Å². The molecule has 4 aromatic rings. The molecule has 1 aromatic carbocycles. The summed E-state index contributed by atoms with van der Waals surface area (Å²) < 4.78 is 9.42. The monoisotopic (exact) mass is 556 g/mol. The average Bonchev–Trinajstić information content (AvgIpc) is 3.42. The molecular weight excluding hydrogens is 516 g/mol. The Kier molecular flexibility index (Phi) is 7.42. The van der Waals surface area contributed by atoms with Crippen molar-refractivity contribution in [1.29, 1.82) is 0 Å². The Hall–Kier alpha value is -3.56. The predicted molar refractivity (Wildman–Crippen MR) is 161 cm³/mol. The Morgan fingerprint density at radius 2 is 1.85 bits per heavy atom. The number of hydrogen-bond acceptors (Lipinski definition) is 7. The number of benzene rings is 1. The first-order chi connectivity index (χ1) is 19.7. The highest BCUT2D eigenvalue weighted by Gasteiger charge is 2.33. The zero-order valence-corrected chi connectivity index (χ0v) is 24.5. The maximum Gasteiger partial charge on any atom is 0.253 e. The molecular formula is C32H40N6O3. The summed E-state index contributed by atoms with van der Waals surface area (Å²) in [5.41, 5.74) is 3.53. The minimum Gasteiger partial charge on any atom is -0.389 e. The van der Waals surface area contributed by atoms with Gasteiger partial charge >= 0.3 is 0 Å². The summed E-state index contributed by atoms with van der Waals surface area (Å²) in [5.74, 6) is 2.11. The van der Waals surface area contributed by atoms with Crippen LogP contribution in [0.15, 0.2) is 47.7 Å². The fourth-order valence-electron chi connectivity index (χ4n) is 6.43. The van der Waals surface area contributed by atoms with Crippen molar-refractivity contribution in [2.75, 3.05) is 24.7 Å². The van der Waals surface area contributed by atoms with Gasteiger partial charge in [-0.2, -0.15) is 5.10 Å². The van der Waals surface area contributed by atoms with E-state index < -0.39 is 5.60 Å². The molecule has 1 atom stereocenters. The zero-order chi connectivity index (χ0) is 28.7. The van der Waals surface area contributed by atoms with Crippen molar-refractivity contribution in [3.8, 4) is 22.5 Å². The Labute approximate surface area is 240 Å². The van der Waals surface area contributed by atoms with Crippen molar-refractivity contribution >= 4 is 16.7 Å². The summed E-state index contributed by atoms with van der Waals surface area (Å²) in [4.78, 5) is 25.0. The number of nitrogens with zero attached hydrogens (tertiary/aromatic N) is 6. The molecule has 1 unspecified atom stereocenters. The number of pyridine rings is 1. The summed E-state index contributed by atoms with van der Waals surface area (Å²) in [6, 6.07) is 8.50. The molecule has 9 nitrogen and oxygen atoms in total. The Balaban J connectivity index is 1.49. The predicted octanol–water partition coefficient (Wildman–Crippen LogP) is 4.72. The van der Waals surface area contributed by atoms with Gasteiger partial charge in [0.15, 0.2) is 5.82 Å². The van der Waals surface area contributed by atoms with Gasteiger partial charge < -0.3 is 19.3 Å². The molecule has 1 saturated carbocycles. The minimum atomic E-state index is -0.880. The van der Waals surface area contributed by atoms with Gasteiger partial charge in [-0.3, -0.25) is 9.48 Å². The molecule has 0 spiro atoms. The minimum absolute atomic E-state index is 0.0111. The van der Waals surface area contributed by atoms with Gasteiger partial charge in [0, 0.05) is 36.9 Å². The van der Waals surface area contributed by atoms with E-state index in [0.29, 0.717) is 37.1 Å². The lowest BCUT2D eigenvalue weighted by molar-refractivity contribution is 0.0577. The van der Waals surface area contributed by atoms with Crippen LogP contribution in [0.3, 0.4) is 0 Å². The molecule has 2 aliphatic rings. The van der Waals surface area contributed by atoms with Gasteiger partial charge in [0.1, 0.15) is 5.82 Å². The van der Waals surface area contributed by atoms with Gasteiger partial charge in [-0.1, -0.05) is 25.3 Å². The van der Waals surface area contributed by atoms with Crippen LogP contribution in [0.2, 0.25) is 0 Å². The number of ether oxygens (including phenoxy) is 1. The summed E-state index contributed by atoms with van der Waals surface area (Å²) >= 11 is 0. The molecule has 1 saturated heterocycles. The molecule has 1 aliphatic heterocycles. The van der Waals surface area contributed by atoms with Crippen LogP contribution in [-0.4, -0.2) is 60.8 Å². The van der Waals surface area contributed by atoms with E-state index in [2.05, 4.69) is 28.2 Å². The van der Waals surface area contributed by atoms with E-state index in [1.807, 2.05) is 25.4 Å². The number of anilines is 1. The number of rotatable bonds is 6. The largest absolute Gasteiger partial charge is 0.389 e. The van der Waals surface area contributed by atoms with Crippen LogP contribution in [0.4, 0.5) is 5.82 Å². The lowest BCUT2D eigenvalue weighted by Gasteiger charge is -2.42. The van der Waals surface area contributed by atoms with Gasteiger partial charge in [0.25, 0.3) is 5.56 Å². The van der Waals surface area contributed by atoms with E-state index in [-0.39, 0.29) is 11.6 Å². The molecule has 0 amide bonds. The normalized spacial score (nSPS) is 18.8. The topological polar surface area (TPSA) is 98.3 Å². The molecule has 6 rings (SSSR count). The van der Waals surface area contributed by atoms with Crippen molar-refractivity contribution in [3.63, 3.8) is 0 Å². The SMILES string of the molecule is Cc1cc(-c2ccc3nc(-c4cnn(CC(C)(C)O)c4)nc(N4CCOCC4C4CCCCC4)c3c2)cn(C)c1=O. The smallest absolute Gasteiger partial charge is 0.253 e. The molecule has 3 aromatic heterocycles.